The molecule has 0 saturated heterocycles. The molecule has 5 nitrogen and oxygen atoms in total. The Morgan fingerprint density at radius 1 is 1.38 bits per heavy atom. The smallest absolute Gasteiger partial charge is 0.184 e. The fourth-order valence-electron chi connectivity index (χ4n) is 0.896. The quantitative estimate of drug-likeness (QED) is 0.817. The number of aromatic nitrogens is 3. The first kappa shape index (κ1) is 8.18. The maximum atomic E-state index is 5.49. The number of rotatable bonds is 1. The van der Waals surface area contributed by atoms with Gasteiger partial charge in [0.15, 0.2) is 11.6 Å². The van der Waals surface area contributed by atoms with E-state index in [-0.39, 0.29) is 0 Å². The standard InChI is InChI=1S/C7H5BrN4O/c8-5-6(13-12-7(5)9)4-1-2-10-11-3-4/h1-3H,(H2,9,12). The first-order valence-corrected chi connectivity index (χ1v) is 4.26. The van der Waals surface area contributed by atoms with Crippen LogP contribution < -0.4 is 5.73 Å². The number of hydrogen-bond donors (Lipinski definition) is 1. The van der Waals surface area contributed by atoms with Gasteiger partial charge >= 0.3 is 0 Å². The van der Waals surface area contributed by atoms with Crippen LogP contribution in [0.1, 0.15) is 0 Å². The van der Waals surface area contributed by atoms with E-state index in [0.717, 1.165) is 5.56 Å². The van der Waals surface area contributed by atoms with E-state index in [0.29, 0.717) is 16.1 Å². The van der Waals surface area contributed by atoms with Crippen LogP contribution in [0.15, 0.2) is 27.5 Å². The highest BCUT2D eigenvalue weighted by molar-refractivity contribution is 9.10. The molecule has 2 N–H and O–H groups in total. The summed E-state index contributed by atoms with van der Waals surface area (Å²) in [5.41, 5.74) is 6.27. The molecule has 0 unspecified atom stereocenters. The Morgan fingerprint density at radius 3 is 2.77 bits per heavy atom. The molecule has 0 aliphatic rings. The topological polar surface area (TPSA) is 77.8 Å². The Bertz CT molecular complexity index is 414. The Balaban J connectivity index is 2.53. The van der Waals surface area contributed by atoms with Gasteiger partial charge in [-0.3, -0.25) is 0 Å². The molecule has 0 aromatic carbocycles. The summed E-state index contributed by atoms with van der Waals surface area (Å²) in [6.45, 7) is 0. The highest BCUT2D eigenvalue weighted by atomic mass is 79.9. The van der Waals surface area contributed by atoms with Crippen molar-refractivity contribution < 1.29 is 4.52 Å². The van der Waals surface area contributed by atoms with Gasteiger partial charge in [0.05, 0.1) is 12.4 Å². The van der Waals surface area contributed by atoms with Gasteiger partial charge in [0.2, 0.25) is 0 Å². The second-order valence-electron chi connectivity index (χ2n) is 2.34. The van der Waals surface area contributed by atoms with Crippen LogP contribution in [0, 0.1) is 0 Å². The van der Waals surface area contributed by atoms with Crippen molar-refractivity contribution in [2.45, 2.75) is 0 Å². The summed E-state index contributed by atoms with van der Waals surface area (Å²) in [4.78, 5) is 0. The van der Waals surface area contributed by atoms with E-state index in [1.54, 1.807) is 18.5 Å². The minimum Gasteiger partial charge on any atom is -0.380 e. The highest BCUT2D eigenvalue weighted by Crippen LogP contribution is 2.31. The first-order chi connectivity index (χ1) is 6.29. The van der Waals surface area contributed by atoms with E-state index in [1.807, 2.05) is 0 Å². The summed E-state index contributed by atoms with van der Waals surface area (Å²) in [5.74, 6) is 0.888. The average molecular weight is 241 g/mol. The van der Waals surface area contributed by atoms with E-state index in [9.17, 15) is 0 Å². The molecule has 0 bridgehead atoms. The fraction of sp³-hybridized carbons (Fsp3) is 0. The molecule has 0 aliphatic heterocycles. The Morgan fingerprint density at radius 2 is 2.23 bits per heavy atom. The molecule has 0 radical (unpaired) electrons. The van der Waals surface area contributed by atoms with Gasteiger partial charge in [0.25, 0.3) is 0 Å². The third-order valence-corrected chi connectivity index (χ3v) is 2.27. The van der Waals surface area contributed by atoms with Gasteiger partial charge in [0, 0.05) is 5.56 Å². The molecule has 6 heteroatoms. The van der Waals surface area contributed by atoms with Crippen LogP contribution in [0.4, 0.5) is 5.82 Å². The third-order valence-electron chi connectivity index (χ3n) is 1.51. The van der Waals surface area contributed by atoms with Crippen molar-refractivity contribution in [2.24, 2.45) is 0 Å². The predicted octanol–water partition coefficient (Wildman–Crippen LogP) is 1.48. The van der Waals surface area contributed by atoms with Crippen molar-refractivity contribution >= 4 is 21.7 Å². The number of nitrogens with two attached hydrogens (primary N) is 1. The van der Waals surface area contributed by atoms with Crippen LogP contribution in [-0.4, -0.2) is 15.4 Å². The van der Waals surface area contributed by atoms with Gasteiger partial charge in [-0.2, -0.15) is 10.2 Å². The lowest BCUT2D eigenvalue weighted by atomic mass is 10.2. The molecule has 0 saturated carbocycles. The molecule has 2 rings (SSSR count). The number of hydrogen-bond acceptors (Lipinski definition) is 5. The number of nitrogens with zero attached hydrogens (tertiary/aromatic N) is 3. The lowest BCUT2D eigenvalue weighted by Gasteiger charge is -1.92. The molecule has 2 heterocycles. The molecule has 66 valence electrons. The lowest BCUT2D eigenvalue weighted by molar-refractivity contribution is 0.435. The number of anilines is 1. The SMILES string of the molecule is Nc1noc(-c2ccnnc2)c1Br. The second kappa shape index (κ2) is 3.14. The molecule has 13 heavy (non-hydrogen) atoms. The van der Waals surface area contributed by atoms with Gasteiger partial charge in [-0.15, -0.1) is 0 Å². The first-order valence-electron chi connectivity index (χ1n) is 3.47. The zero-order valence-electron chi connectivity index (χ0n) is 6.44. The van der Waals surface area contributed by atoms with Crippen LogP contribution in [0.3, 0.4) is 0 Å². The van der Waals surface area contributed by atoms with Gasteiger partial charge in [-0.25, -0.2) is 0 Å². The summed E-state index contributed by atoms with van der Waals surface area (Å²) < 4.78 is 5.63. The molecular formula is C7H5BrN4O. The van der Waals surface area contributed by atoms with Crippen LogP contribution in [-0.2, 0) is 0 Å². The summed E-state index contributed by atoms with van der Waals surface area (Å²) in [5, 5.41) is 11.0. The van der Waals surface area contributed by atoms with E-state index < -0.39 is 0 Å². The second-order valence-corrected chi connectivity index (χ2v) is 3.14. The van der Waals surface area contributed by atoms with E-state index in [4.69, 9.17) is 10.3 Å². The molecule has 2 aromatic heterocycles. The van der Waals surface area contributed by atoms with Crippen LogP contribution in [0.2, 0.25) is 0 Å². The summed E-state index contributed by atoms with van der Waals surface area (Å²) in [6, 6.07) is 1.76. The molecule has 0 spiro atoms. The van der Waals surface area contributed by atoms with Gasteiger partial charge in [0.1, 0.15) is 4.47 Å². The van der Waals surface area contributed by atoms with Crippen molar-refractivity contribution in [3.8, 4) is 11.3 Å². The minimum atomic E-state index is 0.326. The van der Waals surface area contributed by atoms with Crippen LogP contribution in [0.5, 0.6) is 0 Å². The van der Waals surface area contributed by atoms with Crippen molar-refractivity contribution in [1.82, 2.24) is 15.4 Å². The van der Waals surface area contributed by atoms with Crippen molar-refractivity contribution in [3.05, 3.63) is 22.9 Å². The van der Waals surface area contributed by atoms with Crippen molar-refractivity contribution in [3.63, 3.8) is 0 Å². The number of halogens is 1. The largest absolute Gasteiger partial charge is 0.380 e. The Labute approximate surface area is 82.1 Å². The van der Waals surface area contributed by atoms with Gasteiger partial charge < -0.3 is 10.3 Å². The van der Waals surface area contributed by atoms with Crippen molar-refractivity contribution in [2.75, 3.05) is 5.73 Å². The Hall–Kier alpha value is -1.43. The average Bonchev–Trinajstić information content (AvgIpc) is 2.49. The number of nitrogen functional groups attached to an aromatic ring is 1. The molecule has 2 aromatic rings. The van der Waals surface area contributed by atoms with E-state index in [2.05, 4.69) is 31.3 Å². The maximum Gasteiger partial charge on any atom is 0.184 e. The molecule has 0 fully saturated rings. The van der Waals surface area contributed by atoms with Crippen LogP contribution in [0.25, 0.3) is 11.3 Å². The lowest BCUT2D eigenvalue weighted by Crippen LogP contribution is -1.84. The van der Waals surface area contributed by atoms with Crippen LogP contribution >= 0.6 is 15.9 Å². The third kappa shape index (κ3) is 1.40. The predicted molar refractivity (Wildman–Crippen MR) is 49.6 cm³/mol. The highest BCUT2D eigenvalue weighted by Gasteiger charge is 2.12. The van der Waals surface area contributed by atoms with E-state index >= 15 is 0 Å². The van der Waals surface area contributed by atoms with E-state index in [1.165, 1.54) is 0 Å². The molecule has 0 amide bonds. The maximum absolute atomic E-state index is 5.49. The fourth-order valence-corrected chi connectivity index (χ4v) is 1.27. The molecule has 0 aliphatic carbocycles. The molecular weight excluding hydrogens is 236 g/mol. The monoisotopic (exact) mass is 240 g/mol. The summed E-state index contributed by atoms with van der Waals surface area (Å²) >= 11 is 3.26. The van der Waals surface area contributed by atoms with Gasteiger partial charge in [-0.1, -0.05) is 5.16 Å². The zero-order valence-corrected chi connectivity index (χ0v) is 8.02. The summed E-state index contributed by atoms with van der Waals surface area (Å²) in [6.07, 6.45) is 3.14. The molecule has 0 atom stereocenters. The normalized spacial score (nSPS) is 10.2. The summed E-state index contributed by atoms with van der Waals surface area (Å²) in [7, 11) is 0. The zero-order chi connectivity index (χ0) is 9.26. The minimum absolute atomic E-state index is 0.326. The Kier molecular flexibility index (Phi) is 1.97. The van der Waals surface area contributed by atoms with Crippen molar-refractivity contribution in [1.29, 1.82) is 0 Å². The van der Waals surface area contributed by atoms with Gasteiger partial charge in [-0.05, 0) is 22.0 Å².